The summed E-state index contributed by atoms with van der Waals surface area (Å²) in [6, 6.07) is 2.98. The molecule has 5 heteroatoms. The van der Waals surface area contributed by atoms with Gasteiger partial charge in [-0.05, 0) is 18.1 Å². The Labute approximate surface area is 96.6 Å². The summed E-state index contributed by atoms with van der Waals surface area (Å²) in [5.74, 6) is -2.60. The highest BCUT2D eigenvalue weighted by Crippen LogP contribution is 2.30. The number of aliphatic carboxylic acids is 1. The third-order valence-corrected chi connectivity index (χ3v) is 2.90. The van der Waals surface area contributed by atoms with Gasteiger partial charge in [0.05, 0.1) is 10.0 Å². The number of benzene rings is 1. The summed E-state index contributed by atoms with van der Waals surface area (Å²) in [5.41, 5.74) is 0.704. The average Bonchev–Trinajstić information content (AvgIpc) is 2.21. The Morgan fingerprint density at radius 1 is 1.27 bits per heavy atom. The molecule has 80 valence electrons. The van der Waals surface area contributed by atoms with Crippen LogP contribution in [0.25, 0.3) is 0 Å². The minimum Gasteiger partial charge on any atom is -0.475 e. The zero-order valence-electron chi connectivity index (χ0n) is 7.88. The molecular weight excluding hydrogens is 239 g/mol. The van der Waals surface area contributed by atoms with Gasteiger partial charge in [0.15, 0.2) is 0 Å². The van der Waals surface area contributed by atoms with Gasteiger partial charge in [0.1, 0.15) is 0 Å². The van der Waals surface area contributed by atoms with Gasteiger partial charge in [-0.15, -0.1) is 0 Å². The van der Waals surface area contributed by atoms with E-state index in [1.54, 1.807) is 6.07 Å². The number of carboxylic acid groups (broad SMARTS) is 1. The topological polar surface area (TPSA) is 54.4 Å². The summed E-state index contributed by atoms with van der Waals surface area (Å²) in [6.45, 7) is 1.89. The maximum atomic E-state index is 11.2. The summed E-state index contributed by atoms with van der Waals surface area (Å²) < 4.78 is 0. The third-order valence-electron chi connectivity index (χ3n) is 1.98. The molecule has 0 spiro atoms. The van der Waals surface area contributed by atoms with Crippen LogP contribution in [0.2, 0.25) is 10.0 Å². The second-order valence-electron chi connectivity index (χ2n) is 2.89. The number of hydrogen-bond donors (Lipinski definition) is 1. The van der Waals surface area contributed by atoms with Crippen molar-refractivity contribution >= 4 is 35.0 Å². The second kappa shape index (κ2) is 4.64. The van der Waals surface area contributed by atoms with E-state index in [1.165, 1.54) is 6.07 Å². The van der Waals surface area contributed by atoms with Crippen molar-refractivity contribution in [3.05, 3.63) is 33.3 Å². The number of carboxylic acids is 1. The van der Waals surface area contributed by atoms with Crippen LogP contribution in [0.4, 0.5) is 0 Å². The highest BCUT2D eigenvalue weighted by molar-refractivity contribution is 6.49. The van der Waals surface area contributed by atoms with Crippen LogP contribution in [0.1, 0.15) is 22.8 Å². The summed E-state index contributed by atoms with van der Waals surface area (Å²) >= 11 is 11.7. The summed E-state index contributed by atoms with van der Waals surface area (Å²) in [6.07, 6.45) is 0.667. The van der Waals surface area contributed by atoms with Gasteiger partial charge in [-0.2, -0.15) is 0 Å². The van der Waals surface area contributed by atoms with E-state index in [1.807, 2.05) is 6.92 Å². The van der Waals surface area contributed by atoms with Crippen LogP contribution in [-0.2, 0) is 11.2 Å². The lowest BCUT2D eigenvalue weighted by Gasteiger charge is -2.06. The van der Waals surface area contributed by atoms with Gasteiger partial charge in [0.25, 0.3) is 5.78 Å². The number of ketones is 1. The predicted molar refractivity (Wildman–Crippen MR) is 57.8 cm³/mol. The molecule has 3 nitrogen and oxygen atoms in total. The molecule has 1 N–H and O–H groups in total. The molecule has 0 aliphatic heterocycles. The Morgan fingerprint density at radius 3 is 2.33 bits per heavy atom. The van der Waals surface area contributed by atoms with Crippen LogP contribution in [-0.4, -0.2) is 16.9 Å². The molecule has 0 amide bonds. The van der Waals surface area contributed by atoms with E-state index in [2.05, 4.69) is 0 Å². The molecule has 1 aromatic rings. The van der Waals surface area contributed by atoms with Crippen molar-refractivity contribution in [1.29, 1.82) is 0 Å². The third kappa shape index (κ3) is 2.30. The van der Waals surface area contributed by atoms with E-state index >= 15 is 0 Å². The van der Waals surface area contributed by atoms with E-state index < -0.39 is 11.8 Å². The monoisotopic (exact) mass is 246 g/mol. The minimum atomic E-state index is -1.54. The molecule has 1 rings (SSSR count). The molecule has 0 atom stereocenters. The lowest BCUT2D eigenvalue weighted by Crippen LogP contribution is -2.13. The van der Waals surface area contributed by atoms with Crippen molar-refractivity contribution in [3.63, 3.8) is 0 Å². The molecule has 0 heterocycles. The molecule has 0 fully saturated rings. The van der Waals surface area contributed by atoms with Crippen LogP contribution >= 0.6 is 23.2 Å². The van der Waals surface area contributed by atoms with Crippen molar-refractivity contribution in [2.45, 2.75) is 13.3 Å². The number of carbonyl (C=O) groups is 2. The zero-order chi connectivity index (χ0) is 11.6. The SMILES string of the molecule is CCc1ccc(C(=O)C(=O)O)c(Cl)c1Cl. The first-order chi connectivity index (χ1) is 6.99. The van der Waals surface area contributed by atoms with Crippen LogP contribution in [0.5, 0.6) is 0 Å². The van der Waals surface area contributed by atoms with Crippen molar-refractivity contribution in [2.24, 2.45) is 0 Å². The molecule has 1 aromatic carbocycles. The zero-order valence-corrected chi connectivity index (χ0v) is 9.39. The predicted octanol–water partition coefficient (Wildman–Crippen LogP) is 2.82. The molecule has 0 bridgehead atoms. The summed E-state index contributed by atoms with van der Waals surface area (Å²) in [4.78, 5) is 21.6. The number of rotatable bonds is 3. The van der Waals surface area contributed by atoms with E-state index in [4.69, 9.17) is 28.3 Å². The van der Waals surface area contributed by atoms with E-state index in [0.29, 0.717) is 6.42 Å². The van der Waals surface area contributed by atoms with Crippen LogP contribution in [0.15, 0.2) is 12.1 Å². The van der Waals surface area contributed by atoms with Gasteiger partial charge in [-0.25, -0.2) is 4.79 Å². The Bertz CT molecular complexity index is 427. The lowest BCUT2D eigenvalue weighted by molar-refractivity contribution is -0.131. The Hall–Kier alpha value is -1.06. The molecule has 15 heavy (non-hydrogen) atoms. The highest BCUT2D eigenvalue weighted by atomic mass is 35.5. The fourth-order valence-corrected chi connectivity index (χ4v) is 1.72. The van der Waals surface area contributed by atoms with Crippen molar-refractivity contribution in [3.8, 4) is 0 Å². The van der Waals surface area contributed by atoms with Crippen molar-refractivity contribution in [2.75, 3.05) is 0 Å². The summed E-state index contributed by atoms with van der Waals surface area (Å²) in [5, 5.41) is 8.77. The van der Waals surface area contributed by atoms with E-state index in [0.717, 1.165) is 5.56 Å². The Morgan fingerprint density at radius 2 is 1.87 bits per heavy atom. The molecule has 0 unspecified atom stereocenters. The fraction of sp³-hybridized carbons (Fsp3) is 0.200. The molecule has 0 aromatic heterocycles. The highest BCUT2D eigenvalue weighted by Gasteiger charge is 2.20. The Kier molecular flexibility index (Phi) is 3.72. The smallest absolute Gasteiger partial charge is 0.377 e. The maximum Gasteiger partial charge on any atom is 0.377 e. The summed E-state index contributed by atoms with van der Waals surface area (Å²) in [7, 11) is 0. The second-order valence-corrected chi connectivity index (χ2v) is 3.64. The quantitative estimate of drug-likeness (QED) is 0.660. The van der Waals surface area contributed by atoms with Crippen molar-refractivity contribution < 1.29 is 14.7 Å². The van der Waals surface area contributed by atoms with Crippen LogP contribution < -0.4 is 0 Å². The molecule has 0 radical (unpaired) electrons. The minimum absolute atomic E-state index is 0.00316. The van der Waals surface area contributed by atoms with Crippen LogP contribution in [0, 0.1) is 0 Å². The first kappa shape index (κ1) is 12.0. The van der Waals surface area contributed by atoms with Gasteiger partial charge in [-0.1, -0.05) is 36.2 Å². The molecule has 0 aliphatic rings. The van der Waals surface area contributed by atoms with Crippen molar-refractivity contribution in [1.82, 2.24) is 0 Å². The van der Waals surface area contributed by atoms with Gasteiger partial charge in [0, 0.05) is 5.56 Å². The van der Waals surface area contributed by atoms with Gasteiger partial charge in [0.2, 0.25) is 0 Å². The number of aryl methyl sites for hydroxylation is 1. The first-order valence-electron chi connectivity index (χ1n) is 4.23. The maximum absolute atomic E-state index is 11.2. The average molecular weight is 247 g/mol. The first-order valence-corrected chi connectivity index (χ1v) is 4.99. The fourth-order valence-electron chi connectivity index (χ4n) is 1.15. The van der Waals surface area contributed by atoms with Gasteiger partial charge in [-0.3, -0.25) is 4.79 Å². The molecular formula is C10H8Cl2O3. The number of carbonyl (C=O) groups excluding carboxylic acids is 1. The molecule has 0 aliphatic carbocycles. The van der Waals surface area contributed by atoms with E-state index in [-0.39, 0.29) is 15.6 Å². The standard InChI is InChI=1S/C10H8Cl2O3/c1-2-5-3-4-6(8(12)7(5)11)9(13)10(14)15/h3-4H,2H2,1H3,(H,14,15). The number of hydrogen-bond acceptors (Lipinski definition) is 2. The molecule has 0 saturated heterocycles. The van der Waals surface area contributed by atoms with Gasteiger partial charge >= 0.3 is 5.97 Å². The lowest BCUT2D eigenvalue weighted by atomic mass is 10.1. The van der Waals surface area contributed by atoms with Crippen LogP contribution in [0.3, 0.4) is 0 Å². The van der Waals surface area contributed by atoms with Gasteiger partial charge < -0.3 is 5.11 Å². The number of Topliss-reactive ketones (excluding diaryl/α,β-unsaturated/α-hetero) is 1. The van der Waals surface area contributed by atoms with E-state index in [9.17, 15) is 9.59 Å². The Balaban J connectivity index is 3.29. The largest absolute Gasteiger partial charge is 0.475 e. The number of halogens is 2. The normalized spacial score (nSPS) is 10.1. The molecule has 0 saturated carbocycles.